The molecule has 1 aromatic carbocycles. The Morgan fingerprint density at radius 2 is 1.97 bits per heavy atom. The maximum absolute atomic E-state index is 13.0. The molecule has 0 aliphatic carbocycles. The zero-order chi connectivity index (χ0) is 21.8. The van der Waals surface area contributed by atoms with Crippen molar-refractivity contribution in [3.05, 3.63) is 29.3 Å². The molecule has 1 fully saturated rings. The molecule has 0 spiro atoms. The molecule has 2 rings (SSSR count). The highest BCUT2D eigenvalue weighted by atomic mass is 32.2. The SMILES string of the molecule is CC[C@H](C)N(C(=O)C[NH+](C)CC(=O)Nc1cccc(C)c1C)[C@H]1CCS(=O)(=O)C1. The van der Waals surface area contributed by atoms with Crippen molar-refractivity contribution in [1.29, 1.82) is 0 Å². The largest absolute Gasteiger partial charge is 0.331 e. The van der Waals surface area contributed by atoms with E-state index in [1.807, 2.05) is 45.9 Å². The number of sulfone groups is 1. The van der Waals surface area contributed by atoms with E-state index in [2.05, 4.69) is 5.32 Å². The van der Waals surface area contributed by atoms with Crippen molar-refractivity contribution in [1.82, 2.24) is 4.90 Å². The molecule has 0 aromatic heterocycles. The summed E-state index contributed by atoms with van der Waals surface area (Å²) < 4.78 is 23.8. The van der Waals surface area contributed by atoms with Gasteiger partial charge in [0.15, 0.2) is 22.9 Å². The van der Waals surface area contributed by atoms with Gasteiger partial charge in [-0.05, 0) is 50.8 Å². The molecule has 1 heterocycles. The predicted molar refractivity (Wildman–Crippen MR) is 115 cm³/mol. The van der Waals surface area contributed by atoms with Crippen LogP contribution in [-0.4, -0.2) is 68.9 Å². The number of carbonyl (C=O) groups is 2. The summed E-state index contributed by atoms with van der Waals surface area (Å²) in [5, 5.41) is 2.92. The Labute approximate surface area is 174 Å². The van der Waals surface area contributed by atoms with Crippen molar-refractivity contribution < 1.29 is 22.9 Å². The van der Waals surface area contributed by atoms with E-state index in [0.29, 0.717) is 6.42 Å². The van der Waals surface area contributed by atoms with Gasteiger partial charge in [0.25, 0.3) is 11.8 Å². The maximum atomic E-state index is 13.0. The van der Waals surface area contributed by atoms with Crippen LogP contribution in [0, 0.1) is 13.8 Å². The van der Waals surface area contributed by atoms with Gasteiger partial charge < -0.3 is 15.1 Å². The third kappa shape index (κ3) is 6.27. The number of rotatable bonds is 8. The molecule has 162 valence electrons. The Kier molecular flexibility index (Phi) is 7.82. The second-order valence-electron chi connectivity index (χ2n) is 8.22. The fraction of sp³-hybridized carbons (Fsp3) is 0.619. The number of quaternary nitrogens is 1. The molecule has 0 saturated carbocycles. The van der Waals surface area contributed by atoms with Crippen molar-refractivity contribution in [3.8, 4) is 0 Å². The van der Waals surface area contributed by atoms with Gasteiger partial charge in [-0.3, -0.25) is 9.59 Å². The first-order valence-corrected chi connectivity index (χ1v) is 12.0. The molecule has 3 atom stereocenters. The maximum Gasteiger partial charge on any atom is 0.279 e. The summed E-state index contributed by atoms with van der Waals surface area (Å²) in [6.07, 6.45) is 1.25. The second kappa shape index (κ2) is 9.71. The summed E-state index contributed by atoms with van der Waals surface area (Å²) in [5.41, 5.74) is 2.92. The van der Waals surface area contributed by atoms with E-state index in [1.165, 1.54) is 0 Å². The van der Waals surface area contributed by atoms with Gasteiger partial charge in [-0.2, -0.15) is 0 Å². The zero-order valence-corrected chi connectivity index (χ0v) is 18.9. The second-order valence-corrected chi connectivity index (χ2v) is 10.5. The molecule has 2 N–H and O–H groups in total. The van der Waals surface area contributed by atoms with E-state index in [4.69, 9.17) is 0 Å². The third-order valence-electron chi connectivity index (χ3n) is 5.75. The monoisotopic (exact) mass is 424 g/mol. The minimum absolute atomic E-state index is 0.0302. The molecule has 2 amide bonds. The Balaban J connectivity index is 1.98. The Bertz CT molecular complexity index is 853. The molecular formula is C21H34N3O4S+. The number of amides is 2. The highest BCUT2D eigenvalue weighted by Crippen LogP contribution is 2.21. The zero-order valence-electron chi connectivity index (χ0n) is 18.1. The Morgan fingerprint density at radius 1 is 1.28 bits per heavy atom. The number of carbonyl (C=O) groups excluding carboxylic acids is 2. The van der Waals surface area contributed by atoms with Crippen LogP contribution in [0.1, 0.15) is 37.8 Å². The van der Waals surface area contributed by atoms with E-state index in [0.717, 1.165) is 28.1 Å². The van der Waals surface area contributed by atoms with E-state index in [1.54, 1.807) is 11.9 Å². The lowest BCUT2D eigenvalue weighted by Gasteiger charge is -2.34. The van der Waals surface area contributed by atoms with Gasteiger partial charge in [0.05, 0.1) is 18.6 Å². The lowest BCUT2D eigenvalue weighted by molar-refractivity contribution is -0.862. The lowest BCUT2D eigenvalue weighted by Crippen LogP contribution is -3.11. The minimum Gasteiger partial charge on any atom is -0.331 e. The number of likely N-dealkylation sites (N-methyl/N-ethyl adjacent to an activating group) is 1. The number of aryl methyl sites for hydroxylation is 1. The summed E-state index contributed by atoms with van der Waals surface area (Å²) in [7, 11) is -1.26. The van der Waals surface area contributed by atoms with Crippen LogP contribution in [0.5, 0.6) is 0 Å². The summed E-state index contributed by atoms with van der Waals surface area (Å²) in [4.78, 5) is 27.9. The molecule has 7 nitrogen and oxygen atoms in total. The van der Waals surface area contributed by atoms with Gasteiger partial charge in [0.1, 0.15) is 0 Å². The van der Waals surface area contributed by atoms with Crippen LogP contribution in [0.4, 0.5) is 5.69 Å². The number of nitrogens with one attached hydrogen (secondary N) is 2. The average Bonchev–Trinajstić information content (AvgIpc) is 2.98. The van der Waals surface area contributed by atoms with E-state index >= 15 is 0 Å². The third-order valence-corrected chi connectivity index (χ3v) is 7.50. The highest BCUT2D eigenvalue weighted by molar-refractivity contribution is 7.91. The lowest BCUT2D eigenvalue weighted by atomic mass is 10.1. The molecule has 0 radical (unpaired) electrons. The van der Waals surface area contributed by atoms with Crippen LogP contribution in [-0.2, 0) is 19.4 Å². The molecular weight excluding hydrogens is 390 g/mol. The predicted octanol–water partition coefficient (Wildman–Crippen LogP) is 0.571. The first kappa shape index (κ1) is 23.3. The van der Waals surface area contributed by atoms with Gasteiger partial charge in [-0.15, -0.1) is 0 Å². The van der Waals surface area contributed by atoms with E-state index in [9.17, 15) is 18.0 Å². The normalized spacial score (nSPS) is 20.1. The molecule has 29 heavy (non-hydrogen) atoms. The molecule has 1 unspecified atom stereocenters. The quantitative estimate of drug-likeness (QED) is 0.639. The first-order valence-electron chi connectivity index (χ1n) is 10.2. The number of benzene rings is 1. The Morgan fingerprint density at radius 3 is 2.55 bits per heavy atom. The summed E-state index contributed by atoms with van der Waals surface area (Å²) in [6.45, 7) is 8.21. The fourth-order valence-electron chi connectivity index (χ4n) is 3.77. The number of nitrogens with zero attached hydrogens (tertiary/aromatic N) is 1. The van der Waals surface area contributed by atoms with Gasteiger partial charge >= 0.3 is 0 Å². The van der Waals surface area contributed by atoms with Crippen molar-refractivity contribution in [2.24, 2.45) is 0 Å². The fourth-order valence-corrected chi connectivity index (χ4v) is 5.48. The van der Waals surface area contributed by atoms with E-state index in [-0.39, 0.29) is 48.5 Å². The molecule has 1 aliphatic rings. The molecule has 1 aromatic rings. The van der Waals surface area contributed by atoms with Crippen LogP contribution in [0.3, 0.4) is 0 Å². The van der Waals surface area contributed by atoms with Crippen LogP contribution in [0.2, 0.25) is 0 Å². The molecule has 1 saturated heterocycles. The summed E-state index contributed by atoms with van der Waals surface area (Å²) in [6, 6.07) is 5.47. The van der Waals surface area contributed by atoms with Crippen molar-refractivity contribution >= 4 is 27.3 Å². The van der Waals surface area contributed by atoms with Gasteiger partial charge in [-0.25, -0.2) is 8.42 Å². The summed E-state index contributed by atoms with van der Waals surface area (Å²) in [5.74, 6) is -0.0744. The number of hydrogen-bond acceptors (Lipinski definition) is 4. The van der Waals surface area contributed by atoms with Crippen LogP contribution >= 0.6 is 0 Å². The molecule has 1 aliphatic heterocycles. The van der Waals surface area contributed by atoms with Crippen LogP contribution in [0.25, 0.3) is 0 Å². The van der Waals surface area contributed by atoms with Crippen molar-refractivity contribution in [3.63, 3.8) is 0 Å². The summed E-state index contributed by atoms with van der Waals surface area (Å²) >= 11 is 0. The van der Waals surface area contributed by atoms with Gasteiger partial charge in [-0.1, -0.05) is 19.1 Å². The van der Waals surface area contributed by atoms with Gasteiger partial charge in [0.2, 0.25) is 0 Å². The first-order chi connectivity index (χ1) is 13.5. The number of hydrogen-bond donors (Lipinski definition) is 2. The van der Waals surface area contributed by atoms with Crippen molar-refractivity contribution in [2.45, 2.75) is 52.6 Å². The highest BCUT2D eigenvalue weighted by Gasteiger charge is 2.37. The van der Waals surface area contributed by atoms with Gasteiger partial charge in [0, 0.05) is 17.8 Å². The van der Waals surface area contributed by atoms with Crippen molar-refractivity contribution in [2.75, 3.05) is 37.0 Å². The smallest absolute Gasteiger partial charge is 0.279 e. The van der Waals surface area contributed by atoms with E-state index < -0.39 is 9.84 Å². The number of anilines is 1. The van der Waals surface area contributed by atoms with Crippen LogP contribution in [0.15, 0.2) is 18.2 Å². The topological polar surface area (TPSA) is 88.0 Å². The Hall–Kier alpha value is -1.93. The molecule has 8 heteroatoms. The average molecular weight is 425 g/mol. The minimum atomic E-state index is -3.07. The standard InChI is InChI=1S/C21H33N3O4S/c1-6-16(3)24(18-10-11-29(27,28)14-18)21(26)13-23(5)12-20(25)22-19-9-7-8-15(2)17(19)4/h7-9,16,18H,6,10-14H2,1-5H3,(H,22,25)/p+1/t16-,18-/m0/s1. The van der Waals surface area contributed by atoms with Crippen LogP contribution < -0.4 is 10.2 Å². The molecule has 0 bridgehead atoms.